The van der Waals surface area contributed by atoms with Gasteiger partial charge in [-0.2, -0.15) is 0 Å². The molecule has 0 amide bonds. The predicted molar refractivity (Wildman–Crippen MR) is 102 cm³/mol. The van der Waals surface area contributed by atoms with Crippen molar-refractivity contribution >= 4 is 11.8 Å². The van der Waals surface area contributed by atoms with Gasteiger partial charge in [0, 0.05) is 23.2 Å². The van der Waals surface area contributed by atoms with Gasteiger partial charge in [0.15, 0.2) is 5.78 Å². The van der Waals surface area contributed by atoms with Crippen LogP contribution in [0.25, 0.3) is 11.3 Å². The summed E-state index contributed by atoms with van der Waals surface area (Å²) in [5.74, 6) is 0.343. The van der Waals surface area contributed by atoms with Crippen molar-refractivity contribution in [1.82, 2.24) is 4.98 Å². The quantitative estimate of drug-likeness (QED) is 0.685. The molecule has 1 aromatic heterocycles. The molecule has 0 fully saturated rings. The van der Waals surface area contributed by atoms with Crippen LogP contribution in [0.1, 0.15) is 44.8 Å². The second-order valence-electron chi connectivity index (χ2n) is 6.69. The number of rotatable bonds is 4. The zero-order valence-corrected chi connectivity index (χ0v) is 14.9. The maximum atomic E-state index is 12.4. The lowest BCUT2D eigenvalue weighted by molar-refractivity contribution is 0.0696. The molecule has 1 aliphatic rings. The number of carboxylic acid groups (broad SMARTS) is 1. The fraction of sp³-hybridized carbons (Fsp3) is 0.182. The van der Waals surface area contributed by atoms with Crippen LogP contribution in [0.2, 0.25) is 0 Å². The summed E-state index contributed by atoms with van der Waals surface area (Å²) in [4.78, 5) is 27.2. The third kappa shape index (κ3) is 3.12. The van der Waals surface area contributed by atoms with Crippen LogP contribution in [0.15, 0.2) is 48.5 Å². The van der Waals surface area contributed by atoms with Crippen LogP contribution < -0.4 is 4.74 Å². The van der Waals surface area contributed by atoms with Gasteiger partial charge in [-0.05, 0) is 55.7 Å². The highest BCUT2D eigenvalue weighted by Crippen LogP contribution is 2.39. The molecule has 0 atom stereocenters. The number of aromatic nitrogens is 1. The van der Waals surface area contributed by atoms with E-state index in [1.54, 1.807) is 12.1 Å². The lowest BCUT2D eigenvalue weighted by Gasteiger charge is -2.15. The van der Waals surface area contributed by atoms with Crippen molar-refractivity contribution in [2.45, 2.75) is 26.2 Å². The predicted octanol–water partition coefficient (Wildman–Crippen LogP) is 5.00. The standard InChI is InChI=1S/C22H19NO4/c1-13-20-16(8-5-9-18(20)24)21(23-13)17-12-14(22(25)26)10-11-19(17)27-15-6-3-2-4-7-15/h2-4,6-7,10-12,23H,5,8-9H2,1H3,(H,25,26). The molecule has 0 saturated carbocycles. The molecule has 3 aromatic rings. The number of aryl methyl sites for hydroxylation is 1. The minimum atomic E-state index is -1.00. The van der Waals surface area contributed by atoms with E-state index in [1.807, 2.05) is 37.3 Å². The van der Waals surface area contributed by atoms with Crippen molar-refractivity contribution in [3.8, 4) is 22.8 Å². The summed E-state index contributed by atoms with van der Waals surface area (Å²) in [7, 11) is 0. The third-order valence-corrected chi connectivity index (χ3v) is 4.87. The summed E-state index contributed by atoms with van der Waals surface area (Å²) in [5, 5.41) is 9.42. The SMILES string of the molecule is Cc1[nH]c(-c2cc(C(=O)O)ccc2Oc2ccccc2)c2c1C(=O)CCC2. The Labute approximate surface area is 156 Å². The highest BCUT2D eigenvalue weighted by atomic mass is 16.5. The first-order valence-electron chi connectivity index (χ1n) is 8.90. The Balaban J connectivity index is 1.88. The van der Waals surface area contributed by atoms with Gasteiger partial charge in [0.25, 0.3) is 0 Å². The Morgan fingerprint density at radius 2 is 1.89 bits per heavy atom. The minimum absolute atomic E-state index is 0.135. The van der Waals surface area contributed by atoms with Gasteiger partial charge in [0.05, 0.1) is 11.3 Å². The monoisotopic (exact) mass is 361 g/mol. The van der Waals surface area contributed by atoms with Crippen molar-refractivity contribution in [1.29, 1.82) is 0 Å². The van der Waals surface area contributed by atoms with E-state index in [1.165, 1.54) is 6.07 Å². The molecule has 0 saturated heterocycles. The highest BCUT2D eigenvalue weighted by molar-refractivity contribution is 6.02. The van der Waals surface area contributed by atoms with Crippen LogP contribution in [0.4, 0.5) is 0 Å². The van der Waals surface area contributed by atoms with E-state index in [4.69, 9.17) is 4.74 Å². The highest BCUT2D eigenvalue weighted by Gasteiger charge is 2.27. The number of fused-ring (bicyclic) bond motifs is 1. The largest absolute Gasteiger partial charge is 0.478 e. The summed E-state index contributed by atoms with van der Waals surface area (Å²) < 4.78 is 6.03. The zero-order chi connectivity index (χ0) is 19.0. The Morgan fingerprint density at radius 3 is 2.63 bits per heavy atom. The summed E-state index contributed by atoms with van der Waals surface area (Å²) in [6.07, 6.45) is 2.13. The number of aromatic amines is 1. The van der Waals surface area contributed by atoms with Gasteiger partial charge in [-0.1, -0.05) is 18.2 Å². The number of Topliss-reactive ketones (excluding diaryl/α,β-unsaturated/α-hetero) is 1. The number of nitrogens with one attached hydrogen (secondary N) is 1. The first kappa shape index (κ1) is 17.1. The normalized spacial score (nSPS) is 13.3. The molecule has 2 aromatic carbocycles. The molecule has 0 aliphatic heterocycles. The number of carbonyl (C=O) groups is 2. The number of H-pyrrole nitrogens is 1. The molecule has 2 N–H and O–H groups in total. The van der Waals surface area contributed by atoms with Gasteiger partial charge in [-0.25, -0.2) is 4.79 Å². The molecule has 1 aliphatic carbocycles. The Kier molecular flexibility index (Phi) is 4.28. The molecule has 5 heteroatoms. The number of hydrogen-bond acceptors (Lipinski definition) is 3. The van der Waals surface area contributed by atoms with Gasteiger partial charge >= 0.3 is 5.97 Å². The fourth-order valence-electron chi connectivity index (χ4n) is 3.65. The van der Waals surface area contributed by atoms with Crippen LogP contribution in [0, 0.1) is 6.92 Å². The lowest BCUT2D eigenvalue weighted by Crippen LogP contribution is -2.10. The third-order valence-electron chi connectivity index (χ3n) is 4.87. The molecule has 0 radical (unpaired) electrons. The van der Waals surface area contributed by atoms with Crippen LogP contribution in [-0.2, 0) is 6.42 Å². The molecular formula is C22H19NO4. The van der Waals surface area contributed by atoms with Crippen LogP contribution in [0.5, 0.6) is 11.5 Å². The molecular weight excluding hydrogens is 342 g/mol. The number of ether oxygens (including phenoxy) is 1. The van der Waals surface area contributed by atoms with Gasteiger partial charge in [-0.3, -0.25) is 4.79 Å². The smallest absolute Gasteiger partial charge is 0.335 e. The summed E-state index contributed by atoms with van der Waals surface area (Å²) >= 11 is 0. The number of carbonyl (C=O) groups excluding carboxylic acids is 1. The van der Waals surface area contributed by atoms with Gasteiger partial charge in [0.1, 0.15) is 11.5 Å². The van der Waals surface area contributed by atoms with E-state index in [0.29, 0.717) is 23.5 Å². The molecule has 5 nitrogen and oxygen atoms in total. The van der Waals surface area contributed by atoms with E-state index in [9.17, 15) is 14.7 Å². The van der Waals surface area contributed by atoms with Crippen LogP contribution >= 0.6 is 0 Å². The molecule has 0 bridgehead atoms. The summed E-state index contributed by atoms with van der Waals surface area (Å²) in [5.41, 5.74) is 4.10. The number of benzene rings is 2. The zero-order valence-electron chi connectivity index (χ0n) is 14.9. The van der Waals surface area contributed by atoms with Gasteiger partial charge in [0.2, 0.25) is 0 Å². The van der Waals surface area contributed by atoms with Crippen LogP contribution in [0.3, 0.4) is 0 Å². The van der Waals surface area contributed by atoms with E-state index < -0.39 is 5.97 Å². The average Bonchev–Trinajstić information content (AvgIpc) is 3.00. The topological polar surface area (TPSA) is 79.4 Å². The molecule has 0 unspecified atom stereocenters. The molecule has 27 heavy (non-hydrogen) atoms. The first-order valence-corrected chi connectivity index (χ1v) is 8.90. The second kappa shape index (κ2) is 6.76. The molecule has 4 rings (SSSR count). The Morgan fingerprint density at radius 1 is 1.11 bits per heavy atom. The van der Waals surface area contributed by atoms with Gasteiger partial charge in [-0.15, -0.1) is 0 Å². The maximum Gasteiger partial charge on any atom is 0.335 e. The van der Waals surface area contributed by atoms with Crippen molar-refractivity contribution in [3.05, 3.63) is 70.9 Å². The average molecular weight is 361 g/mol. The van der Waals surface area contributed by atoms with Gasteiger partial charge < -0.3 is 14.8 Å². The number of aromatic carboxylic acids is 1. The van der Waals surface area contributed by atoms with Crippen molar-refractivity contribution in [2.75, 3.05) is 0 Å². The summed E-state index contributed by atoms with van der Waals surface area (Å²) in [6.45, 7) is 1.88. The number of para-hydroxylation sites is 1. The molecule has 0 spiro atoms. The Hall–Kier alpha value is -3.34. The first-order chi connectivity index (χ1) is 13.0. The van der Waals surface area contributed by atoms with Crippen molar-refractivity contribution in [3.63, 3.8) is 0 Å². The molecule has 1 heterocycles. The minimum Gasteiger partial charge on any atom is -0.478 e. The maximum absolute atomic E-state index is 12.4. The number of hydrogen-bond donors (Lipinski definition) is 2. The van der Waals surface area contributed by atoms with E-state index in [-0.39, 0.29) is 11.3 Å². The lowest BCUT2D eigenvalue weighted by atomic mass is 9.89. The van der Waals surface area contributed by atoms with Crippen molar-refractivity contribution in [2.24, 2.45) is 0 Å². The van der Waals surface area contributed by atoms with E-state index in [2.05, 4.69) is 4.98 Å². The Bertz CT molecular complexity index is 1030. The van der Waals surface area contributed by atoms with Crippen LogP contribution in [-0.4, -0.2) is 21.8 Å². The molecule has 136 valence electrons. The second-order valence-corrected chi connectivity index (χ2v) is 6.69. The fourth-order valence-corrected chi connectivity index (χ4v) is 3.65. The van der Waals surface area contributed by atoms with E-state index in [0.717, 1.165) is 35.4 Å². The number of ketones is 1. The van der Waals surface area contributed by atoms with Crippen molar-refractivity contribution < 1.29 is 19.4 Å². The number of carboxylic acids is 1. The summed E-state index contributed by atoms with van der Waals surface area (Å²) in [6, 6.07) is 14.1. The van der Waals surface area contributed by atoms with E-state index >= 15 is 0 Å².